The lowest BCUT2D eigenvalue weighted by atomic mass is 9.65. The highest BCUT2D eigenvalue weighted by Crippen LogP contribution is 1.90. The first kappa shape index (κ1) is 6.54. The van der Waals surface area contributed by atoms with Crippen molar-refractivity contribution in [3.05, 3.63) is 24.1 Å². The quantitative estimate of drug-likeness (QED) is 0.456. The molecule has 0 nitrogen and oxygen atoms in total. The van der Waals surface area contributed by atoms with Gasteiger partial charge in [0.15, 0.2) is 7.28 Å². The van der Waals surface area contributed by atoms with Gasteiger partial charge in [-0.1, -0.05) is 13.8 Å². The Balaban J connectivity index is 3.32. The van der Waals surface area contributed by atoms with Gasteiger partial charge in [-0.2, -0.15) is 0 Å². The molecule has 0 aromatic carbocycles. The van der Waals surface area contributed by atoms with Crippen molar-refractivity contribution < 1.29 is 0 Å². The van der Waals surface area contributed by atoms with Crippen LogP contribution in [0.25, 0.3) is 0 Å². The number of rotatable bonds is 2. The first-order valence-corrected chi connectivity index (χ1v) is 2.28. The van der Waals surface area contributed by atoms with Gasteiger partial charge in [-0.15, -0.1) is 24.1 Å². The van der Waals surface area contributed by atoms with Crippen LogP contribution in [-0.2, 0) is 0 Å². The van der Waals surface area contributed by atoms with Crippen LogP contribution in [0.4, 0.5) is 0 Å². The molecule has 1 heteroatoms. The van der Waals surface area contributed by atoms with Crippen LogP contribution in [0, 0.1) is 0 Å². The molecule has 0 rings (SSSR count). The normalized spacial score (nSPS) is 7.71. The van der Waals surface area contributed by atoms with Crippen LogP contribution in [0.2, 0.25) is 0 Å². The fourth-order valence-corrected chi connectivity index (χ4v) is 0.421. The fraction of sp³-hybridized carbons (Fsp3) is 0.333. The second-order valence-electron chi connectivity index (χ2n) is 1.84. The molecule has 0 aliphatic carbocycles. The zero-order valence-electron chi connectivity index (χ0n) is 4.99. The van der Waals surface area contributed by atoms with E-state index in [0.29, 0.717) is 0 Å². The van der Waals surface area contributed by atoms with E-state index in [2.05, 4.69) is 13.2 Å². The Hall–Kier alpha value is -0.455. The maximum Gasteiger partial charge on any atom is 0.177 e. The van der Waals surface area contributed by atoms with E-state index >= 15 is 0 Å². The summed E-state index contributed by atoms with van der Waals surface area (Å²) >= 11 is 0. The SMILES string of the molecule is C=C(C)[B]C(=C)C. The van der Waals surface area contributed by atoms with E-state index in [4.69, 9.17) is 0 Å². The van der Waals surface area contributed by atoms with E-state index in [0.717, 1.165) is 10.9 Å². The van der Waals surface area contributed by atoms with Crippen LogP contribution < -0.4 is 0 Å². The van der Waals surface area contributed by atoms with Gasteiger partial charge in [-0.3, -0.25) is 0 Å². The molecule has 0 saturated carbocycles. The second-order valence-corrected chi connectivity index (χ2v) is 1.84. The van der Waals surface area contributed by atoms with E-state index in [1.165, 1.54) is 0 Å². The second kappa shape index (κ2) is 2.67. The first-order valence-electron chi connectivity index (χ1n) is 2.28. The van der Waals surface area contributed by atoms with E-state index in [1.54, 1.807) is 0 Å². The van der Waals surface area contributed by atoms with Crippen LogP contribution in [-0.4, -0.2) is 7.28 Å². The largest absolute Gasteiger partial charge is 0.177 e. The minimum Gasteiger partial charge on any atom is -0.113 e. The van der Waals surface area contributed by atoms with Gasteiger partial charge in [0, 0.05) is 0 Å². The molecule has 0 aliphatic heterocycles. The number of allylic oxidation sites excluding steroid dienone is 2. The van der Waals surface area contributed by atoms with Gasteiger partial charge in [-0.25, -0.2) is 0 Å². The topological polar surface area (TPSA) is 0 Å². The van der Waals surface area contributed by atoms with E-state index in [9.17, 15) is 0 Å². The number of hydrogen-bond donors (Lipinski definition) is 0. The molecule has 0 aromatic heterocycles. The van der Waals surface area contributed by atoms with Gasteiger partial charge in [0.1, 0.15) is 0 Å². The van der Waals surface area contributed by atoms with Crippen molar-refractivity contribution in [3.8, 4) is 0 Å². The predicted molar refractivity (Wildman–Crippen MR) is 35.4 cm³/mol. The van der Waals surface area contributed by atoms with Crippen molar-refractivity contribution >= 4 is 7.28 Å². The Labute approximate surface area is 46.2 Å². The molecular formula is C6H10B. The standard InChI is InChI=1S/C6H10B/c1-5(2)7-6(3)4/h1,3H2,2,4H3. The van der Waals surface area contributed by atoms with Gasteiger partial charge in [0.2, 0.25) is 0 Å². The van der Waals surface area contributed by atoms with E-state index in [-0.39, 0.29) is 0 Å². The molecule has 0 heterocycles. The molecule has 0 aliphatic rings. The number of hydrogen-bond acceptors (Lipinski definition) is 0. The van der Waals surface area contributed by atoms with Crippen molar-refractivity contribution in [2.75, 3.05) is 0 Å². The fourth-order valence-electron chi connectivity index (χ4n) is 0.421. The zero-order chi connectivity index (χ0) is 5.86. The molecule has 0 spiro atoms. The summed E-state index contributed by atoms with van der Waals surface area (Å²) in [6.45, 7) is 11.3. The monoisotopic (exact) mass is 93.1 g/mol. The van der Waals surface area contributed by atoms with Crippen LogP contribution in [0.1, 0.15) is 13.8 Å². The predicted octanol–water partition coefficient (Wildman–Crippen LogP) is 1.76. The Morgan fingerprint density at radius 1 is 1.14 bits per heavy atom. The lowest BCUT2D eigenvalue weighted by Gasteiger charge is -1.90. The molecular weight excluding hydrogens is 82.9 g/mol. The van der Waals surface area contributed by atoms with Gasteiger partial charge in [0.25, 0.3) is 0 Å². The summed E-state index contributed by atoms with van der Waals surface area (Å²) in [5, 5.41) is 0. The van der Waals surface area contributed by atoms with Crippen molar-refractivity contribution in [1.29, 1.82) is 0 Å². The van der Waals surface area contributed by atoms with Crippen molar-refractivity contribution in [1.82, 2.24) is 0 Å². The summed E-state index contributed by atoms with van der Waals surface area (Å²) in [5.74, 6) is 0. The third kappa shape index (κ3) is 5.54. The molecule has 0 unspecified atom stereocenters. The Bertz CT molecular complexity index is 80.4. The van der Waals surface area contributed by atoms with Crippen LogP contribution >= 0.6 is 0 Å². The summed E-state index contributed by atoms with van der Waals surface area (Å²) in [5.41, 5.74) is 2.12. The molecule has 7 heavy (non-hydrogen) atoms. The highest BCUT2D eigenvalue weighted by molar-refractivity contribution is 6.53. The third-order valence-corrected chi connectivity index (χ3v) is 0.493. The van der Waals surface area contributed by atoms with Gasteiger partial charge < -0.3 is 0 Å². The molecule has 0 saturated heterocycles. The lowest BCUT2D eigenvalue weighted by molar-refractivity contribution is 1.63. The van der Waals surface area contributed by atoms with Crippen LogP contribution in [0.15, 0.2) is 24.1 Å². The minimum atomic E-state index is 1.06. The summed E-state index contributed by atoms with van der Waals surface area (Å²) in [6.07, 6.45) is 0. The Morgan fingerprint density at radius 2 is 1.43 bits per heavy atom. The van der Waals surface area contributed by atoms with Crippen LogP contribution in [0.5, 0.6) is 0 Å². The Kier molecular flexibility index (Phi) is 2.50. The average Bonchev–Trinajstić information content (AvgIpc) is 1.27. The highest BCUT2D eigenvalue weighted by atomic mass is 13.6. The molecule has 0 bridgehead atoms. The van der Waals surface area contributed by atoms with Crippen molar-refractivity contribution in [2.24, 2.45) is 0 Å². The van der Waals surface area contributed by atoms with Gasteiger partial charge >= 0.3 is 0 Å². The molecule has 0 atom stereocenters. The third-order valence-electron chi connectivity index (χ3n) is 0.493. The first-order chi connectivity index (χ1) is 3.13. The van der Waals surface area contributed by atoms with Gasteiger partial charge in [-0.05, 0) is 0 Å². The lowest BCUT2D eigenvalue weighted by Crippen LogP contribution is -1.90. The molecule has 0 amide bonds. The van der Waals surface area contributed by atoms with E-state index in [1.807, 2.05) is 21.1 Å². The minimum absolute atomic E-state index is 1.06. The summed E-state index contributed by atoms with van der Waals surface area (Å²) < 4.78 is 0. The maximum atomic E-state index is 3.68. The molecule has 0 aromatic rings. The highest BCUT2D eigenvalue weighted by Gasteiger charge is 1.86. The maximum absolute atomic E-state index is 3.68. The molecule has 0 N–H and O–H groups in total. The average molecular weight is 93.0 g/mol. The molecule has 1 radical (unpaired) electrons. The smallest absolute Gasteiger partial charge is 0.113 e. The molecule has 0 fully saturated rings. The zero-order valence-corrected chi connectivity index (χ0v) is 4.99. The van der Waals surface area contributed by atoms with E-state index < -0.39 is 0 Å². The Morgan fingerprint density at radius 3 is 1.43 bits per heavy atom. The van der Waals surface area contributed by atoms with Crippen LogP contribution in [0.3, 0.4) is 0 Å². The molecule has 37 valence electrons. The van der Waals surface area contributed by atoms with Gasteiger partial charge in [0.05, 0.1) is 0 Å². The summed E-state index contributed by atoms with van der Waals surface area (Å²) in [7, 11) is 1.94. The summed E-state index contributed by atoms with van der Waals surface area (Å²) in [4.78, 5) is 0. The van der Waals surface area contributed by atoms with Crippen molar-refractivity contribution in [3.63, 3.8) is 0 Å². The summed E-state index contributed by atoms with van der Waals surface area (Å²) in [6, 6.07) is 0. The van der Waals surface area contributed by atoms with Crippen molar-refractivity contribution in [2.45, 2.75) is 13.8 Å².